The van der Waals surface area contributed by atoms with Crippen LogP contribution in [0.3, 0.4) is 0 Å². The average Bonchev–Trinajstić information content (AvgIpc) is 2.95. The van der Waals surface area contributed by atoms with E-state index in [1.807, 2.05) is 0 Å². The molecule has 0 radical (unpaired) electrons. The summed E-state index contributed by atoms with van der Waals surface area (Å²) in [6.45, 7) is 0.283. The first-order valence-corrected chi connectivity index (χ1v) is 6.71. The Morgan fingerprint density at radius 2 is 1.86 bits per heavy atom. The van der Waals surface area contributed by atoms with Crippen molar-refractivity contribution >= 4 is 17.6 Å². The van der Waals surface area contributed by atoms with Gasteiger partial charge in [0.25, 0.3) is 5.69 Å². The van der Waals surface area contributed by atoms with E-state index in [4.69, 9.17) is 5.11 Å². The maximum atomic E-state index is 11.9. The number of aliphatic carboxylic acids is 1. The standard InChI is InChI=1S/C14H16N2O5/c17-13(10-3-4-11(7-10)14(18)19)15-8-9-1-5-12(6-2-9)16(20)21/h1-2,5-6,10-11H,3-4,7-8H2,(H,15,17)(H,18,19)/t10-,11+/m1/s1. The Kier molecular flexibility index (Phi) is 4.52. The van der Waals surface area contributed by atoms with Gasteiger partial charge in [-0.3, -0.25) is 19.7 Å². The fraction of sp³-hybridized carbons (Fsp3) is 0.429. The van der Waals surface area contributed by atoms with Gasteiger partial charge in [0.2, 0.25) is 5.91 Å². The minimum absolute atomic E-state index is 0.00479. The van der Waals surface area contributed by atoms with Crippen LogP contribution in [0.15, 0.2) is 24.3 Å². The molecule has 0 unspecified atom stereocenters. The quantitative estimate of drug-likeness (QED) is 0.634. The van der Waals surface area contributed by atoms with Crippen LogP contribution in [-0.2, 0) is 16.1 Å². The summed E-state index contributed by atoms with van der Waals surface area (Å²) in [5.41, 5.74) is 0.770. The molecule has 21 heavy (non-hydrogen) atoms. The fourth-order valence-corrected chi connectivity index (χ4v) is 2.51. The summed E-state index contributed by atoms with van der Waals surface area (Å²) in [7, 11) is 0. The average molecular weight is 292 g/mol. The number of nitrogens with one attached hydrogen (secondary N) is 1. The minimum Gasteiger partial charge on any atom is -0.481 e. The molecule has 0 aliphatic heterocycles. The number of amides is 1. The second-order valence-electron chi connectivity index (χ2n) is 5.19. The third-order valence-electron chi connectivity index (χ3n) is 3.77. The summed E-state index contributed by atoms with van der Waals surface area (Å²) in [5.74, 6) is -1.69. The van der Waals surface area contributed by atoms with Gasteiger partial charge < -0.3 is 10.4 Å². The molecule has 0 saturated heterocycles. The molecule has 2 rings (SSSR count). The smallest absolute Gasteiger partial charge is 0.306 e. The largest absolute Gasteiger partial charge is 0.481 e. The number of non-ortho nitro benzene ring substituents is 1. The molecule has 1 saturated carbocycles. The van der Waals surface area contributed by atoms with E-state index in [1.165, 1.54) is 12.1 Å². The van der Waals surface area contributed by atoms with Gasteiger partial charge in [0.1, 0.15) is 0 Å². The molecule has 1 aliphatic carbocycles. The highest BCUT2D eigenvalue weighted by Crippen LogP contribution is 2.31. The van der Waals surface area contributed by atoms with Crippen molar-refractivity contribution in [3.05, 3.63) is 39.9 Å². The van der Waals surface area contributed by atoms with Crippen LogP contribution >= 0.6 is 0 Å². The molecule has 0 heterocycles. The number of carbonyl (C=O) groups excluding carboxylic acids is 1. The van der Waals surface area contributed by atoms with E-state index in [0.29, 0.717) is 19.3 Å². The molecule has 2 N–H and O–H groups in total. The third-order valence-corrected chi connectivity index (χ3v) is 3.77. The lowest BCUT2D eigenvalue weighted by atomic mass is 10.0. The van der Waals surface area contributed by atoms with Crippen molar-refractivity contribution in [1.82, 2.24) is 5.32 Å². The number of hydrogen-bond donors (Lipinski definition) is 2. The predicted molar refractivity (Wildman–Crippen MR) is 73.4 cm³/mol. The topological polar surface area (TPSA) is 110 Å². The number of rotatable bonds is 5. The van der Waals surface area contributed by atoms with Gasteiger partial charge >= 0.3 is 5.97 Å². The van der Waals surface area contributed by atoms with E-state index >= 15 is 0 Å². The molecular weight excluding hydrogens is 276 g/mol. The lowest BCUT2D eigenvalue weighted by Crippen LogP contribution is -2.29. The Labute approximate surface area is 121 Å². The molecule has 112 valence electrons. The molecule has 0 aromatic heterocycles. The highest BCUT2D eigenvalue weighted by molar-refractivity contribution is 5.80. The van der Waals surface area contributed by atoms with E-state index in [9.17, 15) is 19.7 Å². The zero-order valence-electron chi connectivity index (χ0n) is 11.3. The number of carbonyl (C=O) groups is 2. The van der Waals surface area contributed by atoms with Crippen LogP contribution in [0, 0.1) is 22.0 Å². The van der Waals surface area contributed by atoms with Gasteiger partial charge in [0.15, 0.2) is 0 Å². The van der Waals surface area contributed by atoms with E-state index in [-0.39, 0.29) is 24.1 Å². The summed E-state index contributed by atoms with van der Waals surface area (Å²) >= 11 is 0. The number of benzene rings is 1. The van der Waals surface area contributed by atoms with Gasteiger partial charge in [0, 0.05) is 24.6 Å². The Morgan fingerprint density at radius 1 is 1.24 bits per heavy atom. The van der Waals surface area contributed by atoms with Crippen LogP contribution in [0.25, 0.3) is 0 Å². The summed E-state index contributed by atoms with van der Waals surface area (Å²) in [6.07, 6.45) is 1.50. The number of carboxylic acids is 1. The lowest BCUT2D eigenvalue weighted by Gasteiger charge is -2.10. The van der Waals surface area contributed by atoms with Crippen LogP contribution < -0.4 is 5.32 Å². The molecule has 7 heteroatoms. The number of nitro benzene ring substituents is 1. The van der Waals surface area contributed by atoms with E-state index < -0.39 is 16.8 Å². The van der Waals surface area contributed by atoms with E-state index in [2.05, 4.69) is 5.32 Å². The highest BCUT2D eigenvalue weighted by atomic mass is 16.6. The first kappa shape index (κ1) is 15.0. The second-order valence-corrected chi connectivity index (χ2v) is 5.19. The monoisotopic (exact) mass is 292 g/mol. The van der Waals surface area contributed by atoms with Crippen LogP contribution in [0.5, 0.6) is 0 Å². The summed E-state index contributed by atoms with van der Waals surface area (Å²) in [4.78, 5) is 32.8. The molecular formula is C14H16N2O5. The fourth-order valence-electron chi connectivity index (χ4n) is 2.51. The maximum absolute atomic E-state index is 11.9. The molecule has 1 amide bonds. The Balaban J connectivity index is 1.84. The van der Waals surface area contributed by atoms with Gasteiger partial charge in [0.05, 0.1) is 10.8 Å². The predicted octanol–water partition coefficient (Wildman–Crippen LogP) is 1.71. The molecule has 1 fully saturated rings. The summed E-state index contributed by atoms with van der Waals surface area (Å²) in [5, 5.41) is 22.2. The van der Waals surface area contributed by atoms with Crippen molar-refractivity contribution in [1.29, 1.82) is 0 Å². The van der Waals surface area contributed by atoms with Gasteiger partial charge in [-0.2, -0.15) is 0 Å². The van der Waals surface area contributed by atoms with Crippen LogP contribution in [-0.4, -0.2) is 21.9 Å². The second kappa shape index (κ2) is 6.34. The molecule has 0 spiro atoms. The molecule has 0 bridgehead atoms. The van der Waals surface area contributed by atoms with Gasteiger partial charge in [-0.15, -0.1) is 0 Å². The lowest BCUT2D eigenvalue weighted by molar-refractivity contribution is -0.384. The van der Waals surface area contributed by atoms with Crippen molar-refractivity contribution in [2.45, 2.75) is 25.8 Å². The molecule has 1 aliphatic rings. The number of nitrogens with zero attached hydrogens (tertiary/aromatic N) is 1. The number of hydrogen-bond acceptors (Lipinski definition) is 4. The first-order valence-electron chi connectivity index (χ1n) is 6.71. The van der Waals surface area contributed by atoms with Crippen molar-refractivity contribution in [2.24, 2.45) is 11.8 Å². The van der Waals surface area contributed by atoms with Gasteiger partial charge in [-0.05, 0) is 24.8 Å². The maximum Gasteiger partial charge on any atom is 0.306 e. The molecule has 7 nitrogen and oxygen atoms in total. The number of nitro groups is 1. The van der Waals surface area contributed by atoms with E-state index in [0.717, 1.165) is 5.56 Å². The molecule has 2 atom stereocenters. The molecule has 1 aromatic rings. The number of carboxylic acid groups (broad SMARTS) is 1. The van der Waals surface area contributed by atoms with Crippen LogP contribution in [0.1, 0.15) is 24.8 Å². The van der Waals surface area contributed by atoms with Crippen molar-refractivity contribution in [3.8, 4) is 0 Å². The molecule has 1 aromatic carbocycles. The highest BCUT2D eigenvalue weighted by Gasteiger charge is 2.33. The minimum atomic E-state index is -0.847. The first-order chi connectivity index (χ1) is 9.97. The zero-order valence-corrected chi connectivity index (χ0v) is 11.3. The van der Waals surface area contributed by atoms with Crippen LogP contribution in [0.4, 0.5) is 5.69 Å². The SMILES string of the molecule is O=C(O)[C@H]1CC[C@@H](C(=O)NCc2ccc([N+](=O)[O-])cc2)C1. The normalized spacial score (nSPS) is 21.0. The van der Waals surface area contributed by atoms with E-state index in [1.54, 1.807) is 12.1 Å². The van der Waals surface area contributed by atoms with Crippen molar-refractivity contribution in [3.63, 3.8) is 0 Å². The Bertz CT molecular complexity index is 555. The van der Waals surface area contributed by atoms with Crippen molar-refractivity contribution in [2.75, 3.05) is 0 Å². The zero-order chi connectivity index (χ0) is 15.4. The Hall–Kier alpha value is -2.44. The summed E-state index contributed by atoms with van der Waals surface area (Å²) < 4.78 is 0. The Morgan fingerprint density at radius 3 is 2.38 bits per heavy atom. The third kappa shape index (κ3) is 3.77. The van der Waals surface area contributed by atoms with Gasteiger partial charge in [-0.1, -0.05) is 12.1 Å². The van der Waals surface area contributed by atoms with Gasteiger partial charge in [-0.25, -0.2) is 0 Å². The van der Waals surface area contributed by atoms with Crippen LogP contribution in [0.2, 0.25) is 0 Å². The summed E-state index contributed by atoms with van der Waals surface area (Å²) in [6, 6.07) is 5.95. The van der Waals surface area contributed by atoms with Crippen molar-refractivity contribution < 1.29 is 19.6 Å².